The molecule has 1 N–H and O–H groups in total. The van der Waals surface area contributed by atoms with E-state index in [0.717, 1.165) is 22.3 Å². The Kier molecular flexibility index (Phi) is 7.05. The molecule has 0 spiro atoms. The fraction of sp³-hybridized carbons (Fsp3) is 0.500. The van der Waals surface area contributed by atoms with Gasteiger partial charge in [-0.2, -0.15) is 0 Å². The Morgan fingerprint density at radius 2 is 1.34 bits per heavy atom. The monoisotopic (exact) mass is 510 g/mol. The standard InChI is InChI=1S/C24H31BrO7/c1-12-9-13-10-15(27-3)19(28-4)20(29-5)16(13)17-14(11-24(12,2)26)18(25)22(31-7)23(32-8)21(17)30-6/h10,12,26H,9,11H2,1-8H3/t12-,24-/m0/s1. The fourth-order valence-electron chi connectivity index (χ4n) is 4.42. The molecule has 0 aliphatic heterocycles. The number of aliphatic hydroxyl groups is 1. The van der Waals surface area contributed by atoms with Crippen molar-refractivity contribution in [1.29, 1.82) is 0 Å². The number of benzene rings is 2. The van der Waals surface area contributed by atoms with Gasteiger partial charge in [0.05, 0.1) is 52.7 Å². The molecule has 0 unspecified atom stereocenters. The highest BCUT2D eigenvalue weighted by molar-refractivity contribution is 9.10. The molecule has 0 bridgehead atoms. The smallest absolute Gasteiger partial charge is 0.205 e. The summed E-state index contributed by atoms with van der Waals surface area (Å²) in [7, 11) is 9.47. The van der Waals surface area contributed by atoms with Crippen molar-refractivity contribution >= 4 is 15.9 Å². The van der Waals surface area contributed by atoms with Crippen LogP contribution in [0, 0.1) is 5.92 Å². The molecule has 176 valence electrons. The number of halogens is 1. The van der Waals surface area contributed by atoms with E-state index in [1.54, 1.807) is 42.7 Å². The molecule has 1 aliphatic carbocycles. The summed E-state index contributed by atoms with van der Waals surface area (Å²) >= 11 is 3.71. The van der Waals surface area contributed by atoms with Gasteiger partial charge in [0, 0.05) is 17.5 Å². The van der Waals surface area contributed by atoms with Gasteiger partial charge in [-0.1, -0.05) is 6.92 Å². The number of methoxy groups -OCH3 is 6. The van der Waals surface area contributed by atoms with E-state index in [9.17, 15) is 5.11 Å². The number of hydrogen-bond acceptors (Lipinski definition) is 7. The number of hydrogen-bond donors (Lipinski definition) is 1. The number of ether oxygens (including phenoxy) is 6. The molecule has 0 fully saturated rings. The largest absolute Gasteiger partial charge is 0.493 e. The van der Waals surface area contributed by atoms with E-state index in [4.69, 9.17) is 28.4 Å². The van der Waals surface area contributed by atoms with Crippen LogP contribution in [0.25, 0.3) is 11.1 Å². The summed E-state index contributed by atoms with van der Waals surface area (Å²) in [5, 5.41) is 11.4. The van der Waals surface area contributed by atoms with Crippen LogP contribution in [0.5, 0.6) is 34.5 Å². The van der Waals surface area contributed by atoms with Gasteiger partial charge in [0.15, 0.2) is 23.0 Å². The van der Waals surface area contributed by atoms with Gasteiger partial charge in [0.25, 0.3) is 0 Å². The maximum Gasteiger partial charge on any atom is 0.205 e. The molecule has 7 nitrogen and oxygen atoms in total. The van der Waals surface area contributed by atoms with Gasteiger partial charge in [-0.25, -0.2) is 0 Å². The summed E-state index contributed by atoms with van der Waals surface area (Å²) in [6.07, 6.45) is 0.950. The minimum atomic E-state index is -1.00. The Bertz CT molecular complexity index is 1020. The van der Waals surface area contributed by atoms with E-state index < -0.39 is 5.60 Å². The first-order chi connectivity index (χ1) is 15.2. The molecule has 8 heteroatoms. The average Bonchev–Trinajstić information content (AvgIpc) is 2.78. The Morgan fingerprint density at radius 3 is 1.84 bits per heavy atom. The molecule has 3 rings (SSSR count). The zero-order valence-electron chi connectivity index (χ0n) is 19.8. The molecule has 0 saturated heterocycles. The third-order valence-corrected chi connectivity index (χ3v) is 7.14. The molecule has 32 heavy (non-hydrogen) atoms. The van der Waals surface area contributed by atoms with E-state index in [0.29, 0.717) is 51.8 Å². The molecular formula is C24H31BrO7. The zero-order chi connectivity index (χ0) is 23.8. The number of fused-ring (bicyclic) bond motifs is 3. The maximum atomic E-state index is 11.4. The topological polar surface area (TPSA) is 75.6 Å². The van der Waals surface area contributed by atoms with Crippen molar-refractivity contribution in [2.24, 2.45) is 5.92 Å². The number of rotatable bonds is 6. The highest BCUT2D eigenvalue weighted by Gasteiger charge is 2.39. The van der Waals surface area contributed by atoms with Crippen LogP contribution in [-0.4, -0.2) is 53.4 Å². The van der Waals surface area contributed by atoms with Crippen LogP contribution in [0.4, 0.5) is 0 Å². The van der Waals surface area contributed by atoms with Crippen molar-refractivity contribution in [3.63, 3.8) is 0 Å². The van der Waals surface area contributed by atoms with Crippen LogP contribution in [-0.2, 0) is 12.8 Å². The Balaban J connectivity index is 2.61. The van der Waals surface area contributed by atoms with Crippen LogP contribution < -0.4 is 28.4 Å². The van der Waals surface area contributed by atoms with Crippen molar-refractivity contribution in [2.75, 3.05) is 42.7 Å². The van der Waals surface area contributed by atoms with Crippen molar-refractivity contribution < 1.29 is 33.5 Å². The summed E-state index contributed by atoms with van der Waals surface area (Å²) in [5.41, 5.74) is 2.31. The van der Waals surface area contributed by atoms with Crippen LogP contribution in [0.1, 0.15) is 25.0 Å². The van der Waals surface area contributed by atoms with E-state index in [1.807, 2.05) is 19.9 Å². The molecule has 0 radical (unpaired) electrons. The molecule has 1 aliphatic rings. The highest BCUT2D eigenvalue weighted by atomic mass is 79.9. The predicted molar refractivity (Wildman–Crippen MR) is 126 cm³/mol. The van der Waals surface area contributed by atoms with Gasteiger partial charge in [-0.15, -0.1) is 0 Å². The highest BCUT2D eigenvalue weighted by Crippen LogP contribution is 2.58. The van der Waals surface area contributed by atoms with Crippen molar-refractivity contribution in [2.45, 2.75) is 32.3 Å². The van der Waals surface area contributed by atoms with Crippen LogP contribution in [0.3, 0.4) is 0 Å². The van der Waals surface area contributed by atoms with Crippen molar-refractivity contribution in [3.05, 3.63) is 21.7 Å². The normalized spacial score (nSPS) is 19.8. The van der Waals surface area contributed by atoms with E-state index in [-0.39, 0.29) is 5.92 Å². The van der Waals surface area contributed by atoms with Crippen LogP contribution >= 0.6 is 15.9 Å². The lowest BCUT2D eigenvalue weighted by atomic mass is 9.75. The minimum absolute atomic E-state index is 0.0665. The molecule has 2 atom stereocenters. The van der Waals surface area contributed by atoms with Gasteiger partial charge < -0.3 is 33.5 Å². The lowest BCUT2D eigenvalue weighted by Crippen LogP contribution is -2.38. The predicted octanol–water partition coefficient (Wildman–Crippen LogP) is 4.65. The lowest BCUT2D eigenvalue weighted by Gasteiger charge is -2.36. The molecule has 0 saturated carbocycles. The zero-order valence-corrected chi connectivity index (χ0v) is 21.4. The SMILES string of the molecule is COc1cc2c(c(OC)c1OC)-c1c(c(Br)c(OC)c(OC)c1OC)C[C@](C)(O)[C@@H](C)C2. The second kappa shape index (κ2) is 9.27. The quantitative estimate of drug-likeness (QED) is 0.605. The third-order valence-electron chi connectivity index (χ3n) is 6.30. The second-order valence-corrected chi connectivity index (χ2v) is 8.88. The summed E-state index contributed by atoms with van der Waals surface area (Å²) in [4.78, 5) is 0. The van der Waals surface area contributed by atoms with Gasteiger partial charge in [0.2, 0.25) is 11.5 Å². The van der Waals surface area contributed by atoms with Crippen molar-refractivity contribution in [1.82, 2.24) is 0 Å². The first-order valence-electron chi connectivity index (χ1n) is 10.2. The second-order valence-electron chi connectivity index (χ2n) is 8.09. The summed E-state index contributed by atoms with van der Waals surface area (Å²) < 4.78 is 35.1. The lowest BCUT2D eigenvalue weighted by molar-refractivity contribution is 0.00613. The Hall–Kier alpha value is -2.32. The minimum Gasteiger partial charge on any atom is -0.493 e. The van der Waals surface area contributed by atoms with Crippen molar-refractivity contribution in [3.8, 4) is 45.6 Å². The average molecular weight is 511 g/mol. The van der Waals surface area contributed by atoms with E-state index in [1.165, 1.54) is 0 Å². The molecule has 0 aromatic heterocycles. The van der Waals surface area contributed by atoms with E-state index in [2.05, 4.69) is 15.9 Å². The Morgan fingerprint density at radius 1 is 0.812 bits per heavy atom. The van der Waals surface area contributed by atoms with Gasteiger partial charge in [-0.05, 0) is 52.4 Å². The van der Waals surface area contributed by atoms with Gasteiger partial charge >= 0.3 is 0 Å². The first-order valence-corrected chi connectivity index (χ1v) is 11.0. The first kappa shape index (κ1) is 24.3. The van der Waals surface area contributed by atoms with E-state index >= 15 is 0 Å². The summed E-state index contributed by atoms with van der Waals surface area (Å²) in [6.45, 7) is 3.88. The van der Waals surface area contributed by atoms with Crippen LogP contribution in [0.2, 0.25) is 0 Å². The molecule has 0 amide bonds. The molecule has 2 aromatic carbocycles. The van der Waals surface area contributed by atoms with Gasteiger partial charge in [-0.3, -0.25) is 0 Å². The van der Waals surface area contributed by atoms with Crippen LogP contribution in [0.15, 0.2) is 10.5 Å². The molecule has 0 heterocycles. The maximum absolute atomic E-state index is 11.4. The van der Waals surface area contributed by atoms with Gasteiger partial charge in [0.1, 0.15) is 0 Å². The molecular weight excluding hydrogens is 480 g/mol. The summed E-state index contributed by atoms with van der Waals surface area (Å²) in [6, 6.07) is 1.93. The fourth-order valence-corrected chi connectivity index (χ4v) is 5.10. The Labute approximate surface area is 197 Å². The molecule has 2 aromatic rings. The summed E-state index contributed by atoms with van der Waals surface area (Å²) in [5.74, 6) is 2.91. The third kappa shape index (κ3) is 3.73.